The molecule has 0 heterocycles. The van der Waals surface area contributed by atoms with Gasteiger partial charge < -0.3 is 4.55 Å². The van der Waals surface area contributed by atoms with Crippen LogP contribution >= 0.6 is 23.8 Å². The molecule has 0 bridgehead atoms. The maximum absolute atomic E-state index is 8.83. The topological polar surface area (TPSA) is 20.2 Å². The van der Waals surface area contributed by atoms with Gasteiger partial charge >= 0.3 is 0 Å². The summed E-state index contributed by atoms with van der Waals surface area (Å²) in [5.74, 6) is 0. The second-order valence-corrected chi connectivity index (χ2v) is 4.78. The number of hydrogen-bond donors (Lipinski definition) is 1. The molecular formula is C12H10OS2. The van der Waals surface area contributed by atoms with Crippen LogP contribution in [0.15, 0.2) is 69.3 Å². The smallest absolute Gasteiger partial charge is 0.0351 e. The number of benzene rings is 2. The first-order valence-corrected chi connectivity index (χ1v) is 6.12. The molecule has 0 amide bonds. The predicted octanol–water partition coefficient (Wildman–Crippen LogP) is 4.40. The molecule has 0 unspecified atom stereocenters. The van der Waals surface area contributed by atoms with Crippen LogP contribution < -0.4 is 0 Å². The van der Waals surface area contributed by atoms with Crippen LogP contribution in [0.1, 0.15) is 0 Å². The Hall–Kier alpha value is -0.900. The highest BCUT2D eigenvalue weighted by Gasteiger charge is 1.96. The summed E-state index contributed by atoms with van der Waals surface area (Å²) in [6.45, 7) is 0. The summed E-state index contributed by atoms with van der Waals surface area (Å²) in [7, 11) is 0. The highest BCUT2D eigenvalue weighted by atomic mass is 32.2. The van der Waals surface area contributed by atoms with Gasteiger partial charge in [0, 0.05) is 26.7 Å². The van der Waals surface area contributed by atoms with Crippen molar-refractivity contribution in [2.45, 2.75) is 14.7 Å². The Morgan fingerprint density at radius 3 is 1.80 bits per heavy atom. The summed E-state index contributed by atoms with van der Waals surface area (Å²) in [4.78, 5) is 3.27. The maximum atomic E-state index is 8.83. The minimum absolute atomic E-state index is 0.775. The van der Waals surface area contributed by atoms with Crippen molar-refractivity contribution in [3.63, 3.8) is 0 Å². The monoisotopic (exact) mass is 234 g/mol. The molecule has 2 rings (SSSR count). The van der Waals surface area contributed by atoms with Crippen molar-refractivity contribution in [3.8, 4) is 0 Å². The predicted molar refractivity (Wildman–Crippen MR) is 65.5 cm³/mol. The zero-order valence-electron chi connectivity index (χ0n) is 7.96. The molecule has 0 aliphatic heterocycles. The molecule has 3 heteroatoms. The fourth-order valence-electron chi connectivity index (χ4n) is 1.19. The second-order valence-electron chi connectivity index (χ2n) is 2.98. The second kappa shape index (κ2) is 5.26. The summed E-state index contributed by atoms with van der Waals surface area (Å²) in [5.41, 5.74) is 0. The highest BCUT2D eigenvalue weighted by molar-refractivity contribution is 7.99. The first kappa shape index (κ1) is 10.6. The van der Waals surface area contributed by atoms with E-state index in [4.69, 9.17) is 4.55 Å². The summed E-state index contributed by atoms with van der Waals surface area (Å²) >= 11 is 2.49. The normalized spacial score (nSPS) is 10.2. The van der Waals surface area contributed by atoms with E-state index in [-0.39, 0.29) is 0 Å². The van der Waals surface area contributed by atoms with Gasteiger partial charge in [0.25, 0.3) is 0 Å². The largest absolute Gasteiger partial charge is 0.325 e. The van der Waals surface area contributed by atoms with Gasteiger partial charge in [-0.2, -0.15) is 0 Å². The van der Waals surface area contributed by atoms with Gasteiger partial charge in [-0.25, -0.2) is 0 Å². The van der Waals surface area contributed by atoms with Crippen LogP contribution in [-0.4, -0.2) is 4.55 Å². The lowest BCUT2D eigenvalue weighted by atomic mass is 10.4. The van der Waals surface area contributed by atoms with Gasteiger partial charge in [-0.3, -0.25) is 0 Å². The van der Waals surface area contributed by atoms with Crippen molar-refractivity contribution < 1.29 is 4.55 Å². The Balaban J connectivity index is 2.11. The summed E-state index contributed by atoms with van der Waals surface area (Å²) in [5, 5.41) is 0. The molecule has 0 saturated heterocycles. The third-order valence-corrected chi connectivity index (χ3v) is 3.41. The van der Waals surface area contributed by atoms with E-state index >= 15 is 0 Å². The van der Waals surface area contributed by atoms with Gasteiger partial charge in [0.15, 0.2) is 0 Å². The van der Waals surface area contributed by atoms with Crippen LogP contribution in [0.5, 0.6) is 0 Å². The Morgan fingerprint density at radius 1 is 0.667 bits per heavy atom. The summed E-state index contributed by atoms with van der Waals surface area (Å²) in [6, 6.07) is 18.1. The molecule has 2 aromatic rings. The molecule has 0 spiro atoms. The third-order valence-electron chi connectivity index (χ3n) is 1.91. The van der Waals surface area contributed by atoms with Gasteiger partial charge in [-0.15, -0.1) is 0 Å². The molecule has 0 radical (unpaired) electrons. The molecule has 0 aliphatic rings. The molecule has 76 valence electrons. The average molecular weight is 234 g/mol. The lowest BCUT2D eigenvalue weighted by Gasteiger charge is -2.01. The maximum Gasteiger partial charge on any atom is 0.0351 e. The van der Waals surface area contributed by atoms with E-state index in [1.54, 1.807) is 11.8 Å². The van der Waals surface area contributed by atoms with Crippen LogP contribution in [-0.2, 0) is 0 Å². The molecular weight excluding hydrogens is 224 g/mol. The van der Waals surface area contributed by atoms with Gasteiger partial charge in [-0.1, -0.05) is 30.0 Å². The third kappa shape index (κ3) is 3.02. The molecule has 0 fully saturated rings. The number of rotatable bonds is 3. The first-order chi connectivity index (χ1) is 7.38. The van der Waals surface area contributed by atoms with Gasteiger partial charge in [0.2, 0.25) is 0 Å². The van der Waals surface area contributed by atoms with Crippen LogP contribution in [0.2, 0.25) is 0 Å². The Morgan fingerprint density at radius 2 is 1.20 bits per heavy atom. The van der Waals surface area contributed by atoms with E-state index in [2.05, 4.69) is 12.1 Å². The molecule has 2 aromatic carbocycles. The minimum Gasteiger partial charge on any atom is -0.325 e. The zero-order valence-corrected chi connectivity index (χ0v) is 9.59. The molecule has 0 aliphatic carbocycles. The lowest BCUT2D eigenvalue weighted by Crippen LogP contribution is -1.74. The first-order valence-electron chi connectivity index (χ1n) is 4.53. The lowest BCUT2D eigenvalue weighted by molar-refractivity contribution is 0.664. The van der Waals surface area contributed by atoms with E-state index < -0.39 is 0 Å². The highest BCUT2D eigenvalue weighted by Crippen LogP contribution is 2.28. The zero-order chi connectivity index (χ0) is 10.5. The van der Waals surface area contributed by atoms with Crippen LogP contribution in [0.25, 0.3) is 0 Å². The van der Waals surface area contributed by atoms with Gasteiger partial charge in [-0.05, 0) is 36.4 Å². The number of hydrogen-bond acceptors (Lipinski definition) is 3. The fourth-order valence-corrected chi connectivity index (χ4v) is 2.29. The minimum atomic E-state index is 0.775. The Kier molecular flexibility index (Phi) is 3.72. The van der Waals surface area contributed by atoms with Crippen LogP contribution in [0.4, 0.5) is 0 Å². The van der Waals surface area contributed by atoms with Crippen molar-refractivity contribution in [2.75, 3.05) is 0 Å². The average Bonchev–Trinajstić information content (AvgIpc) is 2.31. The molecule has 0 aromatic heterocycles. The molecule has 15 heavy (non-hydrogen) atoms. The van der Waals surface area contributed by atoms with Gasteiger partial charge in [0.1, 0.15) is 0 Å². The summed E-state index contributed by atoms with van der Waals surface area (Å²) < 4.78 is 8.83. The van der Waals surface area contributed by atoms with E-state index in [1.165, 1.54) is 9.79 Å². The SMILES string of the molecule is OSc1ccc(Sc2ccccc2)cc1. The van der Waals surface area contributed by atoms with Crippen LogP contribution in [0.3, 0.4) is 0 Å². The van der Waals surface area contributed by atoms with Crippen molar-refractivity contribution in [3.05, 3.63) is 54.6 Å². The quantitative estimate of drug-likeness (QED) is 0.795. The fraction of sp³-hybridized carbons (Fsp3) is 0. The van der Waals surface area contributed by atoms with Gasteiger partial charge in [0.05, 0.1) is 0 Å². The van der Waals surface area contributed by atoms with Crippen molar-refractivity contribution in [1.82, 2.24) is 0 Å². The Labute approximate surface area is 97.7 Å². The standard InChI is InChI=1S/C12H10OS2/c13-15-12-8-6-11(7-9-12)14-10-4-2-1-3-5-10/h1-9,13H. The summed E-state index contributed by atoms with van der Waals surface area (Å²) in [6.07, 6.45) is 0. The van der Waals surface area contributed by atoms with Crippen molar-refractivity contribution in [1.29, 1.82) is 0 Å². The van der Waals surface area contributed by atoms with Crippen molar-refractivity contribution >= 4 is 23.8 Å². The van der Waals surface area contributed by atoms with E-state index in [1.807, 2.05) is 42.5 Å². The molecule has 1 N–H and O–H groups in total. The van der Waals surface area contributed by atoms with E-state index in [0.717, 1.165) is 16.9 Å². The van der Waals surface area contributed by atoms with Crippen molar-refractivity contribution in [2.24, 2.45) is 0 Å². The molecule has 0 saturated carbocycles. The Bertz CT molecular complexity index is 411. The van der Waals surface area contributed by atoms with Crippen LogP contribution in [0, 0.1) is 0 Å². The van der Waals surface area contributed by atoms with E-state index in [9.17, 15) is 0 Å². The molecule has 0 atom stereocenters. The molecule has 1 nitrogen and oxygen atoms in total. The van der Waals surface area contributed by atoms with E-state index in [0.29, 0.717) is 0 Å².